The van der Waals surface area contributed by atoms with Crippen molar-refractivity contribution in [3.05, 3.63) is 72.9 Å². The molecule has 1 unspecified atom stereocenters. The van der Waals surface area contributed by atoms with Crippen LogP contribution < -0.4 is 0 Å². The normalized spacial score (nSPS) is 12.7. The Balaban J connectivity index is 4.48. The first-order chi connectivity index (χ1) is 26.0. The summed E-state index contributed by atoms with van der Waals surface area (Å²) in [7, 11) is 0. The number of carbonyl (C=O) groups is 3. The summed E-state index contributed by atoms with van der Waals surface area (Å²) in [6, 6.07) is 0. The van der Waals surface area contributed by atoms with Crippen LogP contribution in [0.3, 0.4) is 0 Å². The van der Waals surface area contributed by atoms with Crippen molar-refractivity contribution in [3.63, 3.8) is 0 Å². The van der Waals surface area contributed by atoms with Gasteiger partial charge in [0.15, 0.2) is 6.10 Å². The van der Waals surface area contributed by atoms with E-state index in [-0.39, 0.29) is 37.5 Å². The molecule has 0 N–H and O–H groups in total. The van der Waals surface area contributed by atoms with Crippen LogP contribution in [-0.2, 0) is 28.6 Å². The molecule has 53 heavy (non-hydrogen) atoms. The number of hydrogen-bond acceptors (Lipinski definition) is 6. The van der Waals surface area contributed by atoms with Gasteiger partial charge >= 0.3 is 17.9 Å². The molecular formula is C47H78O6. The minimum atomic E-state index is -0.799. The summed E-state index contributed by atoms with van der Waals surface area (Å²) in [4.78, 5) is 37.6. The number of esters is 3. The third-order valence-electron chi connectivity index (χ3n) is 8.77. The van der Waals surface area contributed by atoms with Crippen molar-refractivity contribution in [2.24, 2.45) is 0 Å². The Bertz CT molecular complexity index is 1030. The van der Waals surface area contributed by atoms with Gasteiger partial charge in [0, 0.05) is 19.3 Å². The number of allylic oxidation sites excluding steroid dienone is 12. The van der Waals surface area contributed by atoms with Gasteiger partial charge in [-0.15, -0.1) is 0 Å². The highest BCUT2D eigenvalue weighted by Crippen LogP contribution is 2.13. The Labute approximate surface area is 325 Å². The molecule has 0 spiro atoms. The lowest BCUT2D eigenvalue weighted by Crippen LogP contribution is -2.30. The third kappa shape index (κ3) is 39.9. The molecule has 0 saturated heterocycles. The van der Waals surface area contributed by atoms with Crippen molar-refractivity contribution in [2.75, 3.05) is 13.2 Å². The molecule has 0 rings (SSSR count). The maximum absolute atomic E-state index is 12.7. The van der Waals surface area contributed by atoms with E-state index in [1.807, 2.05) is 6.08 Å². The summed E-state index contributed by atoms with van der Waals surface area (Å²) in [5.41, 5.74) is 0. The van der Waals surface area contributed by atoms with Gasteiger partial charge in [-0.2, -0.15) is 0 Å². The monoisotopic (exact) mass is 739 g/mol. The van der Waals surface area contributed by atoms with E-state index in [4.69, 9.17) is 14.2 Å². The molecule has 0 fully saturated rings. The van der Waals surface area contributed by atoms with E-state index in [0.29, 0.717) is 19.3 Å². The van der Waals surface area contributed by atoms with Crippen LogP contribution in [0, 0.1) is 0 Å². The van der Waals surface area contributed by atoms with Crippen LogP contribution in [0.4, 0.5) is 0 Å². The molecule has 0 aromatic carbocycles. The van der Waals surface area contributed by atoms with Gasteiger partial charge in [0.25, 0.3) is 0 Å². The van der Waals surface area contributed by atoms with Crippen molar-refractivity contribution in [1.82, 2.24) is 0 Å². The Kier molecular flexibility index (Phi) is 39.1. The predicted molar refractivity (Wildman–Crippen MR) is 224 cm³/mol. The number of rotatable bonds is 37. The first-order valence-electron chi connectivity index (χ1n) is 21.5. The molecule has 0 radical (unpaired) electrons. The van der Waals surface area contributed by atoms with Crippen LogP contribution in [0.25, 0.3) is 0 Å². The fraction of sp³-hybridized carbons (Fsp3) is 0.681. The van der Waals surface area contributed by atoms with Gasteiger partial charge in [-0.1, -0.05) is 171 Å². The average molecular weight is 739 g/mol. The van der Waals surface area contributed by atoms with Crippen molar-refractivity contribution in [1.29, 1.82) is 0 Å². The van der Waals surface area contributed by atoms with Crippen LogP contribution in [0.2, 0.25) is 0 Å². The molecule has 0 aliphatic heterocycles. The first kappa shape index (κ1) is 49.9. The lowest BCUT2D eigenvalue weighted by molar-refractivity contribution is -0.167. The van der Waals surface area contributed by atoms with E-state index in [0.717, 1.165) is 96.3 Å². The molecule has 1 atom stereocenters. The van der Waals surface area contributed by atoms with E-state index < -0.39 is 6.10 Å². The van der Waals surface area contributed by atoms with Crippen molar-refractivity contribution in [3.8, 4) is 0 Å². The quantitative estimate of drug-likeness (QED) is 0.0208. The fourth-order valence-electron chi connectivity index (χ4n) is 5.57. The maximum Gasteiger partial charge on any atom is 0.306 e. The molecule has 6 nitrogen and oxygen atoms in total. The van der Waals surface area contributed by atoms with Crippen molar-refractivity contribution >= 4 is 17.9 Å². The number of hydrogen-bond donors (Lipinski definition) is 0. The van der Waals surface area contributed by atoms with Gasteiger partial charge in [0.2, 0.25) is 0 Å². The summed E-state index contributed by atoms with van der Waals surface area (Å²) in [5, 5.41) is 0. The van der Waals surface area contributed by atoms with Crippen LogP contribution >= 0.6 is 0 Å². The molecule has 0 aliphatic carbocycles. The van der Waals surface area contributed by atoms with Crippen LogP contribution in [0.5, 0.6) is 0 Å². The highest BCUT2D eigenvalue weighted by atomic mass is 16.6. The smallest absolute Gasteiger partial charge is 0.306 e. The highest BCUT2D eigenvalue weighted by molar-refractivity contribution is 5.71. The van der Waals surface area contributed by atoms with E-state index in [1.165, 1.54) is 44.9 Å². The third-order valence-corrected chi connectivity index (χ3v) is 8.77. The van der Waals surface area contributed by atoms with Gasteiger partial charge in [-0.05, 0) is 70.6 Å². The zero-order valence-corrected chi connectivity index (χ0v) is 34.3. The van der Waals surface area contributed by atoms with E-state index in [9.17, 15) is 14.4 Å². The van der Waals surface area contributed by atoms with Crippen LogP contribution in [-0.4, -0.2) is 37.2 Å². The lowest BCUT2D eigenvalue weighted by Gasteiger charge is -2.18. The van der Waals surface area contributed by atoms with Gasteiger partial charge in [-0.3, -0.25) is 14.4 Å². The Morgan fingerprint density at radius 2 is 0.830 bits per heavy atom. The Hall–Kier alpha value is -3.15. The molecule has 0 aliphatic rings. The molecule has 0 bridgehead atoms. The molecule has 0 amide bonds. The number of unbranched alkanes of at least 4 members (excludes halogenated alkanes) is 16. The summed E-state index contributed by atoms with van der Waals surface area (Å²) in [5.74, 6) is -0.969. The SMILES string of the molecule is CC\C=C/C=C\C=C/CCCCCCCC(=O)OCC(COC(=O)CCCCCCCCCCCC)OC(=O)CCCC/C=C\C/C=C\C/C=C\CC. The second kappa shape index (κ2) is 41.6. The van der Waals surface area contributed by atoms with Crippen LogP contribution in [0.15, 0.2) is 72.9 Å². The van der Waals surface area contributed by atoms with Crippen molar-refractivity contribution in [2.45, 2.75) is 194 Å². The minimum Gasteiger partial charge on any atom is -0.462 e. The van der Waals surface area contributed by atoms with Gasteiger partial charge in [-0.25, -0.2) is 0 Å². The first-order valence-corrected chi connectivity index (χ1v) is 21.5. The topological polar surface area (TPSA) is 78.9 Å². The molecule has 0 aromatic rings. The molecular weight excluding hydrogens is 661 g/mol. The van der Waals surface area contributed by atoms with Crippen LogP contribution in [0.1, 0.15) is 188 Å². The summed E-state index contributed by atoms with van der Waals surface area (Å²) in [6.45, 7) is 6.29. The second-order valence-electron chi connectivity index (χ2n) is 13.9. The predicted octanol–water partition coefficient (Wildman–Crippen LogP) is 13.5. The fourth-order valence-corrected chi connectivity index (χ4v) is 5.57. The van der Waals surface area contributed by atoms with Gasteiger partial charge in [0.1, 0.15) is 13.2 Å². The standard InChI is InChI=1S/C47H78O6/c1-4-7-10-13-16-19-22-24-26-28-31-34-37-40-46(49)52-43-44(42-51-45(48)39-36-33-30-27-21-18-15-12-9-6-3)53-47(50)41-38-35-32-29-25-23-20-17-14-11-8-5-2/h7-8,10-11,13,16-17,19-20,22,25,29,44H,4-6,9,12,14-15,18,21,23-24,26-28,30-43H2,1-3H3/b10-7-,11-8-,16-13-,20-17-,22-19-,29-25-. The zero-order valence-electron chi connectivity index (χ0n) is 34.3. The average Bonchev–Trinajstić information content (AvgIpc) is 3.15. The van der Waals surface area contributed by atoms with Gasteiger partial charge < -0.3 is 14.2 Å². The second-order valence-corrected chi connectivity index (χ2v) is 13.9. The maximum atomic E-state index is 12.7. The largest absolute Gasteiger partial charge is 0.462 e. The Morgan fingerprint density at radius 3 is 1.40 bits per heavy atom. The molecule has 0 heterocycles. The summed E-state index contributed by atoms with van der Waals surface area (Å²) in [6.07, 6.45) is 50.3. The molecule has 0 aromatic heterocycles. The van der Waals surface area contributed by atoms with Gasteiger partial charge in [0.05, 0.1) is 0 Å². The highest BCUT2D eigenvalue weighted by Gasteiger charge is 2.19. The lowest BCUT2D eigenvalue weighted by atomic mass is 10.1. The minimum absolute atomic E-state index is 0.0974. The van der Waals surface area contributed by atoms with Crippen molar-refractivity contribution < 1.29 is 28.6 Å². The van der Waals surface area contributed by atoms with E-state index in [2.05, 4.69) is 87.6 Å². The van der Waals surface area contributed by atoms with E-state index in [1.54, 1.807) is 0 Å². The zero-order chi connectivity index (χ0) is 38.7. The van der Waals surface area contributed by atoms with E-state index >= 15 is 0 Å². The summed E-state index contributed by atoms with van der Waals surface area (Å²) >= 11 is 0. The molecule has 6 heteroatoms. The number of carbonyl (C=O) groups excluding carboxylic acids is 3. The number of ether oxygens (including phenoxy) is 3. The summed E-state index contributed by atoms with van der Waals surface area (Å²) < 4.78 is 16.6. The molecule has 302 valence electrons. The Morgan fingerprint density at radius 1 is 0.415 bits per heavy atom. The molecule has 0 saturated carbocycles.